The molecule has 0 bridgehead atoms. The van der Waals surface area contributed by atoms with Crippen molar-refractivity contribution < 1.29 is 19.1 Å². The van der Waals surface area contributed by atoms with Crippen LogP contribution in [0.3, 0.4) is 0 Å². The van der Waals surface area contributed by atoms with E-state index >= 15 is 0 Å². The fourth-order valence-electron chi connectivity index (χ4n) is 3.56. The monoisotopic (exact) mass is 370 g/mol. The molecule has 2 amide bonds. The summed E-state index contributed by atoms with van der Waals surface area (Å²) < 4.78 is 4.95. The molecule has 1 aliphatic heterocycles. The number of esters is 1. The van der Waals surface area contributed by atoms with Gasteiger partial charge in [-0.15, -0.1) is 0 Å². The van der Waals surface area contributed by atoms with Crippen LogP contribution in [-0.2, 0) is 14.3 Å². The molecule has 0 spiro atoms. The van der Waals surface area contributed by atoms with Gasteiger partial charge in [0, 0.05) is 0 Å². The van der Waals surface area contributed by atoms with Gasteiger partial charge in [0.05, 0.1) is 30.3 Å². The topological polar surface area (TPSA) is 75.7 Å². The minimum Gasteiger partial charge on any atom is -0.462 e. The van der Waals surface area contributed by atoms with Crippen molar-refractivity contribution in [3.63, 3.8) is 0 Å². The molecule has 1 heterocycles. The van der Waals surface area contributed by atoms with Crippen LogP contribution in [0.15, 0.2) is 35.9 Å². The van der Waals surface area contributed by atoms with Crippen molar-refractivity contribution in [1.82, 2.24) is 5.32 Å². The Bertz CT molecular complexity index is 739. The second kappa shape index (κ2) is 8.95. The Balaban J connectivity index is 1.58. The predicted octanol–water partition coefficient (Wildman–Crippen LogP) is 2.98. The molecule has 1 unspecified atom stereocenters. The number of carbonyl (C=O) groups is 3. The number of rotatable bonds is 7. The first-order chi connectivity index (χ1) is 13.1. The minimum absolute atomic E-state index is 0.164. The molecule has 1 N–H and O–H groups in total. The third-order valence-corrected chi connectivity index (χ3v) is 5.01. The Hall–Kier alpha value is -2.47. The van der Waals surface area contributed by atoms with E-state index in [2.05, 4.69) is 11.4 Å². The zero-order valence-electron chi connectivity index (χ0n) is 15.7. The van der Waals surface area contributed by atoms with Crippen LogP contribution in [-0.4, -0.2) is 37.0 Å². The van der Waals surface area contributed by atoms with Crippen LogP contribution in [0.5, 0.6) is 0 Å². The van der Waals surface area contributed by atoms with Crippen molar-refractivity contribution in [2.75, 3.05) is 18.1 Å². The molecular weight excluding hydrogens is 344 g/mol. The van der Waals surface area contributed by atoms with E-state index in [1.165, 1.54) is 23.3 Å². The molecule has 1 atom stereocenters. The highest BCUT2D eigenvalue weighted by Crippen LogP contribution is 2.24. The molecule has 144 valence electrons. The van der Waals surface area contributed by atoms with Gasteiger partial charge in [-0.2, -0.15) is 0 Å². The lowest BCUT2D eigenvalue weighted by Crippen LogP contribution is -2.39. The van der Waals surface area contributed by atoms with Gasteiger partial charge in [0.2, 0.25) is 5.91 Å². The molecule has 1 aromatic carbocycles. The fourth-order valence-corrected chi connectivity index (χ4v) is 3.56. The number of carbonyl (C=O) groups excluding carboxylic acids is 3. The molecule has 1 aromatic rings. The van der Waals surface area contributed by atoms with E-state index in [-0.39, 0.29) is 18.2 Å². The number of hydrogen-bond donors (Lipinski definition) is 1. The number of allylic oxidation sites excluding steroid dienone is 1. The number of anilines is 1. The lowest BCUT2D eigenvalue weighted by atomic mass is 9.97. The highest BCUT2D eigenvalue weighted by atomic mass is 16.5. The maximum atomic E-state index is 12.7. The maximum Gasteiger partial charge on any atom is 0.338 e. The van der Waals surface area contributed by atoms with E-state index in [0.717, 1.165) is 19.3 Å². The van der Waals surface area contributed by atoms with Gasteiger partial charge in [-0.1, -0.05) is 11.6 Å². The number of hydrogen-bond acceptors (Lipinski definition) is 5. The molecule has 0 aromatic heterocycles. The normalized spacial score (nSPS) is 20.0. The molecule has 3 rings (SSSR count). The number of imide groups is 1. The fraction of sp³-hybridized carbons (Fsp3) is 0.476. The third-order valence-electron chi connectivity index (χ3n) is 5.01. The number of nitrogens with zero attached hydrogens (tertiary/aromatic N) is 1. The van der Waals surface area contributed by atoms with Gasteiger partial charge in [0.25, 0.3) is 5.91 Å². The second-order valence-electron chi connectivity index (χ2n) is 6.90. The molecule has 0 saturated carbocycles. The standard InChI is InChI=1S/C21H26N2O4/c1-2-27-21(26)16-8-10-17(11-9-16)23-19(24)14-18(20(23)25)22-13-12-15-6-4-3-5-7-15/h6,8-11,18,22H,2-5,7,12-14H2,1H3. The van der Waals surface area contributed by atoms with Gasteiger partial charge in [-0.3, -0.25) is 9.59 Å². The summed E-state index contributed by atoms with van der Waals surface area (Å²) in [4.78, 5) is 37.9. The summed E-state index contributed by atoms with van der Waals surface area (Å²) in [5.74, 6) is -0.875. The molecular formula is C21H26N2O4. The summed E-state index contributed by atoms with van der Waals surface area (Å²) in [5.41, 5.74) is 2.32. The average Bonchev–Trinajstić information content (AvgIpc) is 2.96. The first-order valence-corrected chi connectivity index (χ1v) is 9.65. The highest BCUT2D eigenvalue weighted by Gasteiger charge is 2.39. The number of amides is 2. The van der Waals surface area contributed by atoms with Crippen molar-refractivity contribution in [3.05, 3.63) is 41.5 Å². The molecule has 1 aliphatic carbocycles. The van der Waals surface area contributed by atoms with Crippen LogP contribution in [0.25, 0.3) is 0 Å². The summed E-state index contributed by atoms with van der Waals surface area (Å²) in [5, 5.41) is 3.23. The Morgan fingerprint density at radius 3 is 2.67 bits per heavy atom. The second-order valence-corrected chi connectivity index (χ2v) is 6.90. The minimum atomic E-state index is -0.480. The Morgan fingerprint density at radius 1 is 1.22 bits per heavy atom. The SMILES string of the molecule is CCOC(=O)c1ccc(N2C(=O)CC(NCCC3=CCCCC3)C2=O)cc1. The number of benzene rings is 1. The quantitative estimate of drug-likeness (QED) is 0.454. The van der Waals surface area contributed by atoms with Gasteiger partial charge in [-0.25, -0.2) is 9.69 Å². The van der Waals surface area contributed by atoms with E-state index in [1.54, 1.807) is 31.2 Å². The lowest BCUT2D eigenvalue weighted by Gasteiger charge is -2.17. The smallest absolute Gasteiger partial charge is 0.338 e. The summed E-state index contributed by atoms with van der Waals surface area (Å²) in [6.07, 6.45) is 8.16. The first kappa shape index (κ1) is 19.3. The molecule has 0 radical (unpaired) electrons. The predicted molar refractivity (Wildman–Crippen MR) is 102 cm³/mol. The lowest BCUT2D eigenvalue weighted by molar-refractivity contribution is -0.121. The highest BCUT2D eigenvalue weighted by molar-refractivity contribution is 6.22. The van der Waals surface area contributed by atoms with Gasteiger partial charge in [0.1, 0.15) is 0 Å². The van der Waals surface area contributed by atoms with Crippen LogP contribution >= 0.6 is 0 Å². The molecule has 6 nitrogen and oxygen atoms in total. The maximum absolute atomic E-state index is 12.7. The Labute approximate surface area is 159 Å². The van der Waals surface area contributed by atoms with Gasteiger partial charge < -0.3 is 10.1 Å². The molecule has 6 heteroatoms. The van der Waals surface area contributed by atoms with Crippen LogP contribution in [0, 0.1) is 0 Å². The summed E-state index contributed by atoms with van der Waals surface area (Å²) >= 11 is 0. The van der Waals surface area contributed by atoms with E-state index < -0.39 is 12.0 Å². The van der Waals surface area contributed by atoms with E-state index in [1.807, 2.05) is 0 Å². The zero-order valence-corrected chi connectivity index (χ0v) is 15.7. The molecule has 2 aliphatic rings. The van der Waals surface area contributed by atoms with Crippen molar-refractivity contribution in [2.24, 2.45) is 0 Å². The van der Waals surface area contributed by atoms with E-state index in [9.17, 15) is 14.4 Å². The van der Waals surface area contributed by atoms with Crippen molar-refractivity contribution >= 4 is 23.5 Å². The largest absolute Gasteiger partial charge is 0.462 e. The third kappa shape index (κ3) is 4.63. The van der Waals surface area contributed by atoms with Crippen LogP contribution in [0.4, 0.5) is 5.69 Å². The zero-order chi connectivity index (χ0) is 19.2. The van der Waals surface area contributed by atoms with Crippen LogP contribution in [0.1, 0.15) is 55.8 Å². The van der Waals surface area contributed by atoms with E-state index in [4.69, 9.17) is 4.74 Å². The molecule has 1 fully saturated rings. The van der Waals surface area contributed by atoms with Gasteiger partial charge in [0.15, 0.2) is 0 Å². The summed E-state index contributed by atoms with van der Waals surface area (Å²) in [6, 6.07) is 5.88. The Morgan fingerprint density at radius 2 is 2.00 bits per heavy atom. The number of ether oxygens (including phenoxy) is 1. The Kier molecular flexibility index (Phi) is 6.40. The molecule has 27 heavy (non-hydrogen) atoms. The van der Waals surface area contributed by atoms with Gasteiger partial charge >= 0.3 is 5.97 Å². The summed E-state index contributed by atoms with van der Waals surface area (Å²) in [6.45, 7) is 2.74. The van der Waals surface area contributed by atoms with Crippen LogP contribution in [0.2, 0.25) is 0 Å². The first-order valence-electron chi connectivity index (χ1n) is 9.65. The van der Waals surface area contributed by atoms with Crippen molar-refractivity contribution in [3.8, 4) is 0 Å². The van der Waals surface area contributed by atoms with Gasteiger partial charge in [-0.05, 0) is 69.8 Å². The van der Waals surface area contributed by atoms with Crippen LogP contribution < -0.4 is 10.2 Å². The summed E-state index contributed by atoms with van der Waals surface area (Å²) in [7, 11) is 0. The van der Waals surface area contributed by atoms with Crippen molar-refractivity contribution in [1.29, 1.82) is 0 Å². The molecule has 1 saturated heterocycles. The number of nitrogens with one attached hydrogen (secondary N) is 1. The average molecular weight is 370 g/mol. The van der Waals surface area contributed by atoms with E-state index in [0.29, 0.717) is 24.4 Å². The van der Waals surface area contributed by atoms with Crippen molar-refractivity contribution in [2.45, 2.75) is 51.5 Å².